The molecule has 0 unspecified atom stereocenters. The first-order valence-electron chi connectivity index (χ1n) is 4.85. The Morgan fingerprint density at radius 1 is 1.40 bits per heavy atom. The molecule has 2 aromatic rings. The van der Waals surface area contributed by atoms with Crippen molar-refractivity contribution >= 4 is 17.3 Å². The summed E-state index contributed by atoms with van der Waals surface area (Å²) in [7, 11) is 0. The van der Waals surface area contributed by atoms with Crippen LogP contribution >= 0.6 is 11.6 Å². The van der Waals surface area contributed by atoms with Crippen LogP contribution in [-0.4, -0.2) is 16.3 Å². The van der Waals surface area contributed by atoms with E-state index < -0.39 is 0 Å². The Hall–Kier alpha value is -1.48. The zero-order valence-electron chi connectivity index (χ0n) is 8.44. The number of aromatic nitrogens is 2. The summed E-state index contributed by atoms with van der Waals surface area (Å²) >= 11 is 6.16. The molecule has 1 aromatic carbocycles. The molecule has 0 saturated heterocycles. The second kappa shape index (κ2) is 4.36. The largest absolute Gasteiger partial charge is 0.384 e. The maximum atomic E-state index is 6.16. The Kier molecular flexibility index (Phi) is 2.92. The summed E-state index contributed by atoms with van der Waals surface area (Å²) in [6, 6.07) is 7.65. The third-order valence-electron chi connectivity index (χ3n) is 2.09. The lowest BCUT2D eigenvalue weighted by Crippen LogP contribution is -2.04. The molecule has 0 aliphatic rings. The highest BCUT2D eigenvalue weighted by Crippen LogP contribution is 2.27. The molecule has 3 nitrogen and oxygen atoms in total. The third kappa shape index (κ3) is 1.97. The highest BCUT2D eigenvalue weighted by atomic mass is 35.5. The predicted octanol–water partition coefficient (Wildman–Crippen LogP) is 2.96. The van der Waals surface area contributed by atoms with E-state index in [-0.39, 0.29) is 0 Å². The number of anilines is 1. The first-order chi connectivity index (χ1) is 7.33. The fourth-order valence-electron chi connectivity index (χ4n) is 1.48. The first kappa shape index (κ1) is 10.1. The molecule has 2 rings (SSSR count). The molecule has 0 aliphatic heterocycles. The van der Waals surface area contributed by atoms with E-state index in [1.165, 1.54) is 0 Å². The van der Waals surface area contributed by atoms with Crippen LogP contribution in [0.25, 0.3) is 5.69 Å². The summed E-state index contributed by atoms with van der Waals surface area (Å²) in [4.78, 5) is 0. The van der Waals surface area contributed by atoms with Gasteiger partial charge in [-0.2, -0.15) is 5.10 Å². The summed E-state index contributed by atoms with van der Waals surface area (Å²) < 4.78 is 1.76. The van der Waals surface area contributed by atoms with Crippen molar-refractivity contribution in [3.8, 4) is 5.69 Å². The molecule has 4 heteroatoms. The van der Waals surface area contributed by atoms with E-state index in [9.17, 15) is 0 Å². The van der Waals surface area contributed by atoms with E-state index in [4.69, 9.17) is 11.6 Å². The zero-order chi connectivity index (χ0) is 10.7. The second-order valence-electron chi connectivity index (χ2n) is 3.12. The lowest BCUT2D eigenvalue weighted by atomic mass is 10.2. The molecule has 1 aromatic heterocycles. The number of halogens is 1. The SMILES string of the molecule is CCNc1cccc(Cl)c1-n1cccn1. The zero-order valence-corrected chi connectivity index (χ0v) is 9.20. The van der Waals surface area contributed by atoms with Crippen LogP contribution in [0.3, 0.4) is 0 Å². The van der Waals surface area contributed by atoms with Gasteiger partial charge < -0.3 is 5.32 Å². The van der Waals surface area contributed by atoms with E-state index in [1.54, 1.807) is 10.9 Å². The smallest absolute Gasteiger partial charge is 0.106 e. The molecular formula is C11H12ClN3. The lowest BCUT2D eigenvalue weighted by Gasteiger charge is -2.11. The minimum atomic E-state index is 0.692. The molecule has 15 heavy (non-hydrogen) atoms. The number of rotatable bonds is 3. The van der Waals surface area contributed by atoms with Crippen molar-refractivity contribution < 1.29 is 0 Å². The van der Waals surface area contributed by atoms with Crippen molar-refractivity contribution in [2.75, 3.05) is 11.9 Å². The highest BCUT2D eigenvalue weighted by Gasteiger charge is 2.08. The summed E-state index contributed by atoms with van der Waals surface area (Å²) in [5.41, 5.74) is 1.89. The van der Waals surface area contributed by atoms with Crippen LogP contribution in [0.5, 0.6) is 0 Å². The maximum absolute atomic E-state index is 6.16. The lowest BCUT2D eigenvalue weighted by molar-refractivity contribution is 0.880. The molecule has 1 N–H and O–H groups in total. The minimum Gasteiger partial charge on any atom is -0.384 e. The quantitative estimate of drug-likeness (QED) is 0.864. The van der Waals surface area contributed by atoms with Crippen LogP contribution in [0.2, 0.25) is 5.02 Å². The minimum absolute atomic E-state index is 0.692. The van der Waals surface area contributed by atoms with Gasteiger partial charge in [-0.3, -0.25) is 0 Å². The number of hydrogen-bond acceptors (Lipinski definition) is 2. The van der Waals surface area contributed by atoms with Gasteiger partial charge in [0.2, 0.25) is 0 Å². The van der Waals surface area contributed by atoms with Crippen LogP contribution in [0.4, 0.5) is 5.69 Å². The van der Waals surface area contributed by atoms with E-state index in [0.29, 0.717) is 5.02 Å². The Labute approximate surface area is 93.7 Å². The number of nitrogens with one attached hydrogen (secondary N) is 1. The molecule has 0 radical (unpaired) electrons. The average molecular weight is 222 g/mol. The number of hydrogen-bond donors (Lipinski definition) is 1. The van der Waals surface area contributed by atoms with E-state index in [0.717, 1.165) is 17.9 Å². The molecule has 0 fully saturated rings. The van der Waals surface area contributed by atoms with Gasteiger partial charge in [0.05, 0.1) is 10.7 Å². The number of benzene rings is 1. The van der Waals surface area contributed by atoms with Crippen molar-refractivity contribution in [1.82, 2.24) is 9.78 Å². The first-order valence-corrected chi connectivity index (χ1v) is 5.23. The van der Waals surface area contributed by atoms with Gasteiger partial charge in [-0.15, -0.1) is 0 Å². The van der Waals surface area contributed by atoms with Gasteiger partial charge in [0, 0.05) is 18.9 Å². The summed E-state index contributed by atoms with van der Waals surface area (Å²) in [5.74, 6) is 0. The number of nitrogens with zero attached hydrogens (tertiary/aromatic N) is 2. The molecule has 0 atom stereocenters. The van der Waals surface area contributed by atoms with Crippen LogP contribution in [0, 0.1) is 0 Å². The van der Waals surface area contributed by atoms with E-state index >= 15 is 0 Å². The average Bonchev–Trinajstić information content (AvgIpc) is 2.71. The van der Waals surface area contributed by atoms with Gasteiger partial charge >= 0.3 is 0 Å². The molecule has 0 aliphatic carbocycles. The van der Waals surface area contributed by atoms with Gasteiger partial charge in [0.15, 0.2) is 0 Å². The Morgan fingerprint density at radius 3 is 2.93 bits per heavy atom. The van der Waals surface area contributed by atoms with Gasteiger partial charge in [0.1, 0.15) is 5.69 Å². The second-order valence-corrected chi connectivity index (χ2v) is 3.52. The Bertz CT molecular complexity index is 437. The van der Waals surface area contributed by atoms with Crippen molar-refractivity contribution in [1.29, 1.82) is 0 Å². The standard InChI is InChI=1S/C11H12ClN3/c1-2-13-10-6-3-5-9(12)11(10)15-8-4-7-14-15/h3-8,13H,2H2,1H3. The normalized spacial score (nSPS) is 10.3. The van der Waals surface area contributed by atoms with Crippen LogP contribution in [0.15, 0.2) is 36.7 Å². The maximum Gasteiger partial charge on any atom is 0.106 e. The Morgan fingerprint density at radius 2 is 2.27 bits per heavy atom. The highest BCUT2D eigenvalue weighted by molar-refractivity contribution is 6.33. The molecule has 1 heterocycles. The molecule has 0 saturated carbocycles. The van der Waals surface area contributed by atoms with Crippen LogP contribution in [0.1, 0.15) is 6.92 Å². The summed E-state index contributed by atoms with van der Waals surface area (Å²) in [6.45, 7) is 2.91. The monoisotopic (exact) mass is 221 g/mol. The fraction of sp³-hybridized carbons (Fsp3) is 0.182. The Balaban J connectivity index is 2.52. The van der Waals surface area contributed by atoms with Crippen molar-refractivity contribution in [2.24, 2.45) is 0 Å². The molecule has 0 amide bonds. The fourth-order valence-corrected chi connectivity index (χ4v) is 1.74. The van der Waals surface area contributed by atoms with Crippen LogP contribution < -0.4 is 5.32 Å². The van der Waals surface area contributed by atoms with Gasteiger partial charge in [-0.25, -0.2) is 4.68 Å². The summed E-state index contributed by atoms with van der Waals surface area (Å²) in [5, 5.41) is 8.13. The van der Waals surface area contributed by atoms with E-state index in [1.807, 2.05) is 37.4 Å². The third-order valence-corrected chi connectivity index (χ3v) is 2.39. The van der Waals surface area contributed by atoms with Crippen molar-refractivity contribution in [3.63, 3.8) is 0 Å². The molecule has 0 spiro atoms. The molecular weight excluding hydrogens is 210 g/mol. The van der Waals surface area contributed by atoms with E-state index in [2.05, 4.69) is 10.4 Å². The predicted molar refractivity (Wildman–Crippen MR) is 62.7 cm³/mol. The van der Waals surface area contributed by atoms with Crippen molar-refractivity contribution in [2.45, 2.75) is 6.92 Å². The summed E-state index contributed by atoms with van der Waals surface area (Å²) in [6.07, 6.45) is 3.61. The number of para-hydroxylation sites is 1. The molecule has 0 bridgehead atoms. The van der Waals surface area contributed by atoms with Gasteiger partial charge in [-0.05, 0) is 25.1 Å². The molecule has 78 valence electrons. The topological polar surface area (TPSA) is 29.9 Å². The van der Waals surface area contributed by atoms with Gasteiger partial charge in [-0.1, -0.05) is 17.7 Å². The van der Waals surface area contributed by atoms with Crippen LogP contribution in [-0.2, 0) is 0 Å². The van der Waals surface area contributed by atoms with Crippen molar-refractivity contribution in [3.05, 3.63) is 41.7 Å². The van der Waals surface area contributed by atoms with Gasteiger partial charge in [0.25, 0.3) is 0 Å².